The molecule has 0 fully saturated rings. The first-order valence-corrected chi connectivity index (χ1v) is 6.27. The SMILES string of the molecule is COc1ccc2[nH]c3c(c2c1)COc1ccccc1-3. The molecular formula is C16H13NO2. The first-order chi connectivity index (χ1) is 9.36. The van der Waals surface area contributed by atoms with Gasteiger partial charge in [0, 0.05) is 22.0 Å². The average Bonchev–Trinajstić information content (AvgIpc) is 2.85. The number of nitrogens with one attached hydrogen (secondary N) is 1. The monoisotopic (exact) mass is 251 g/mol. The van der Waals surface area contributed by atoms with Gasteiger partial charge in [0.2, 0.25) is 0 Å². The van der Waals surface area contributed by atoms with Gasteiger partial charge in [0.25, 0.3) is 0 Å². The summed E-state index contributed by atoms with van der Waals surface area (Å²) in [6.45, 7) is 0.597. The second-order valence-corrected chi connectivity index (χ2v) is 4.67. The van der Waals surface area contributed by atoms with E-state index in [1.54, 1.807) is 7.11 Å². The van der Waals surface area contributed by atoms with Gasteiger partial charge in [-0.1, -0.05) is 12.1 Å². The number of hydrogen-bond donors (Lipinski definition) is 1. The molecule has 19 heavy (non-hydrogen) atoms. The summed E-state index contributed by atoms with van der Waals surface area (Å²) in [6.07, 6.45) is 0. The topological polar surface area (TPSA) is 34.2 Å². The molecule has 3 aromatic rings. The summed E-state index contributed by atoms with van der Waals surface area (Å²) < 4.78 is 11.1. The summed E-state index contributed by atoms with van der Waals surface area (Å²) in [5.74, 6) is 1.81. The third-order valence-electron chi connectivity index (χ3n) is 3.64. The van der Waals surface area contributed by atoms with Gasteiger partial charge < -0.3 is 14.5 Å². The molecular weight excluding hydrogens is 238 g/mol. The highest BCUT2D eigenvalue weighted by Crippen LogP contribution is 2.40. The molecule has 94 valence electrons. The van der Waals surface area contributed by atoms with Crippen molar-refractivity contribution >= 4 is 10.9 Å². The molecule has 0 saturated heterocycles. The maximum absolute atomic E-state index is 5.83. The van der Waals surface area contributed by atoms with Gasteiger partial charge in [-0.25, -0.2) is 0 Å². The second-order valence-electron chi connectivity index (χ2n) is 4.67. The molecule has 0 unspecified atom stereocenters. The van der Waals surface area contributed by atoms with E-state index in [-0.39, 0.29) is 0 Å². The number of benzene rings is 2. The molecule has 1 aliphatic rings. The van der Waals surface area contributed by atoms with Crippen LogP contribution in [0.4, 0.5) is 0 Å². The molecule has 1 aromatic heterocycles. The van der Waals surface area contributed by atoms with Crippen molar-refractivity contribution in [1.29, 1.82) is 0 Å². The summed E-state index contributed by atoms with van der Waals surface area (Å²) in [6, 6.07) is 14.2. The lowest BCUT2D eigenvalue weighted by atomic mass is 10.0. The minimum atomic E-state index is 0.597. The van der Waals surface area contributed by atoms with Crippen LogP contribution in [0.1, 0.15) is 5.56 Å². The van der Waals surface area contributed by atoms with Gasteiger partial charge in [-0.15, -0.1) is 0 Å². The largest absolute Gasteiger partial charge is 0.497 e. The maximum Gasteiger partial charge on any atom is 0.129 e. The number of H-pyrrole nitrogens is 1. The minimum absolute atomic E-state index is 0.597. The Labute approximate surface area is 110 Å². The molecule has 1 N–H and O–H groups in total. The van der Waals surface area contributed by atoms with Crippen molar-refractivity contribution in [2.24, 2.45) is 0 Å². The normalized spacial score (nSPS) is 12.7. The number of para-hydroxylation sites is 1. The number of ether oxygens (including phenoxy) is 2. The van der Waals surface area contributed by atoms with Crippen LogP contribution in [0.5, 0.6) is 11.5 Å². The van der Waals surface area contributed by atoms with Crippen molar-refractivity contribution < 1.29 is 9.47 Å². The molecule has 4 rings (SSSR count). The number of fused-ring (bicyclic) bond motifs is 5. The number of rotatable bonds is 1. The fourth-order valence-electron chi connectivity index (χ4n) is 2.68. The van der Waals surface area contributed by atoms with Crippen molar-refractivity contribution in [2.75, 3.05) is 7.11 Å². The van der Waals surface area contributed by atoms with E-state index in [0.29, 0.717) is 6.61 Å². The van der Waals surface area contributed by atoms with Crippen molar-refractivity contribution in [3.05, 3.63) is 48.0 Å². The molecule has 3 nitrogen and oxygen atoms in total. The maximum atomic E-state index is 5.83. The lowest BCUT2D eigenvalue weighted by Gasteiger charge is -2.17. The highest BCUT2D eigenvalue weighted by molar-refractivity contribution is 5.93. The Hall–Kier alpha value is -2.42. The Balaban J connectivity index is 2.02. The van der Waals surface area contributed by atoms with Crippen LogP contribution in [0.3, 0.4) is 0 Å². The van der Waals surface area contributed by atoms with E-state index in [9.17, 15) is 0 Å². The fourth-order valence-corrected chi connectivity index (χ4v) is 2.68. The smallest absolute Gasteiger partial charge is 0.129 e. The van der Waals surface area contributed by atoms with Gasteiger partial charge in [-0.3, -0.25) is 0 Å². The number of aromatic amines is 1. The van der Waals surface area contributed by atoms with E-state index in [0.717, 1.165) is 28.3 Å². The van der Waals surface area contributed by atoms with E-state index in [4.69, 9.17) is 9.47 Å². The number of hydrogen-bond acceptors (Lipinski definition) is 2. The van der Waals surface area contributed by atoms with E-state index >= 15 is 0 Å². The molecule has 0 saturated carbocycles. The highest BCUT2D eigenvalue weighted by Gasteiger charge is 2.21. The number of aromatic nitrogens is 1. The minimum Gasteiger partial charge on any atom is -0.497 e. The molecule has 0 spiro atoms. The number of methoxy groups -OCH3 is 1. The summed E-state index contributed by atoms with van der Waals surface area (Å²) >= 11 is 0. The van der Waals surface area contributed by atoms with Crippen LogP contribution >= 0.6 is 0 Å². The van der Waals surface area contributed by atoms with Crippen LogP contribution in [0, 0.1) is 0 Å². The Bertz CT molecular complexity index is 774. The van der Waals surface area contributed by atoms with E-state index in [1.165, 1.54) is 10.9 Å². The van der Waals surface area contributed by atoms with Crippen molar-refractivity contribution in [3.63, 3.8) is 0 Å². The lowest BCUT2D eigenvalue weighted by molar-refractivity contribution is 0.303. The molecule has 1 aliphatic heterocycles. The summed E-state index contributed by atoms with van der Waals surface area (Å²) in [7, 11) is 1.69. The first kappa shape index (κ1) is 10.5. The molecule has 0 atom stereocenters. The lowest BCUT2D eigenvalue weighted by Crippen LogP contribution is -2.03. The van der Waals surface area contributed by atoms with Crippen LogP contribution < -0.4 is 9.47 Å². The van der Waals surface area contributed by atoms with Crippen molar-refractivity contribution in [3.8, 4) is 22.8 Å². The van der Waals surface area contributed by atoms with E-state index in [2.05, 4.69) is 23.2 Å². The highest BCUT2D eigenvalue weighted by atomic mass is 16.5. The van der Waals surface area contributed by atoms with Crippen LogP contribution in [-0.2, 0) is 6.61 Å². The van der Waals surface area contributed by atoms with Gasteiger partial charge in [0.1, 0.15) is 18.1 Å². The Kier molecular flexibility index (Phi) is 2.09. The molecule has 0 amide bonds. The Morgan fingerprint density at radius 2 is 2.05 bits per heavy atom. The van der Waals surface area contributed by atoms with E-state index < -0.39 is 0 Å². The predicted octanol–water partition coefficient (Wildman–Crippen LogP) is 3.74. The van der Waals surface area contributed by atoms with Crippen LogP contribution in [0.25, 0.3) is 22.2 Å². The Morgan fingerprint density at radius 3 is 2.95 bits per heavy atom. The summed E-state index contributed by atoms with van der Waals surface area (Å²) in [4.78, 5) is 3.49. The molecule has 3 heteroatoms. The summed E-state index contributed by atoms with van der Waals surface area (Å²) in [5.41, 5.74) is 4.60. The Morgan fingerprint density at radius 1 is 1.16 bits per heavy atom. The van der Waals surface area contributed by atoms with Crippen LogP contribution in [0.2, 0.25) is 0 Å². The van der Waals surface area contributed by atoms with Gasteiger partial charge in [-0.2, -0.15) is 0 Å². The molecule has 0 bridgehead atoms. The van der Waals surface area contributed by atoms with E-state index in [1.807, 2.05) is 24.3 Å². The van der Waals surface area contributed by atoms with Crippen molar-refractivity contribution in [1.82, 2.24) is 4.98 Å². The van der Waals surface area contributed by atoms with Gasteiger partial charge in [-0.05, 0) is 30.3 Å². The van der Waals surface area contributed by atoms with Gasteiger partial charge in [0.05, 0.1) is 12.8 Å². The third kappa shape index (κ3) is 1.45. The molecule has 0 aliphatic carbocycles. The van der Waals surface area contributed by atoms with Gasteiger partial charge in [0.15, 0.2) is 0 Å². The first-order valence-electron chi connectivity index (χ1n) is 6.27. The quantitative estimate of drug-likeness (QED) is 0.715. The predicted molar refractivity (Wildman–Crippen MR) is 74.6 cm³/mol. The zero-order valence-electron chi connectivity index (χ0n) is 10.6. The second kappa shape index (κ2) is 3.79. The van der Waals surface area contributed by atoms with Gasteiger partial charge >= 0.3 is 0 Å². The fraction of sp³-hybridized carbons (Fsp3) is 0.125. The average molecular weight is 251 g/mol. The molecule has 0 radical (unpaired) electrons. The van der Waals surface area contributed by atoms with Crippen LogP contribution in [0.15, 0.2) is 42.5 Å². The summed E-state index contributed by atoms with van der Waals surface area (Å²) in [5, 5.41) is 1.17. The zero-order valence-corrected chi connectivity index (χ0v) is 10.6. The molecule has 2 aromatic carbocycles. The van der Waals surface area contributed by atoms with Crippen molar-refractivity contribution in [2.45, 2.75) is 6.61 Å². The molecule has 2 heterocycles. The standard InChI is InChI=1S/C16H13NO2/c1-18-10-6-7-14-12(8-10)13-9-19-15-5-3-2-4-11(15)16(13)17-14/h2-8,17H,9H2,1H3. The zero-order chi connectivity index (χ0) is 12.8. The third-order valence-corrected chi connectivity index (χ3v) is 3.64. The van der Waals surface area contributed by atoms with Crippen LogP contribution in [-0.4, -0.2) is 12.1 Å².